The standard InChI is InChI=1S/C14H19N5O/c1-10-8-11(10)9-16-14(20)15-6-5-13-18-17-12-4-2-3-7-19(12)13/h2-4,7,10-11H,5-6,8-9H2,1H3,(H2,15,16,20)/t10-,11-/m0/s1. The zero-order valence-corrected chi connectivity index (χ0v) is 11.5. The highest BCUT2D eigenvalue weighted by atomic mass is 16.2. The summed E-state index contributed by atoms with van der Waals surface area (Å²) >= 11 is 0. The first-order chi connectivity index (χ1) is 9.74. The summed E-state index contributed by atoms with van der Waals surface area (Å²) in [6.45, 7) is 3.54. The second-order valence-corrected chi connectivity index (χ2v) is 5.40. The Hall–Kier alpha value is -2.11. The molecule has 1 saturated carbocycles. The van der Waals surface area contributed by atoms with Crippen LogP contribution < -0.4 is 10.6 Å². The van der Waals surface area contributed by atoms with E-state index >= 15 is 0 Å². The van der Waals surface area contributed by atoms with Crippen molar-refractivity contribution in [1.29, 1.82) is 0 Å². The van der Waals surface area contributed by atoms with Crippen LogP contribution in [0.15, 0.2) is 24.4 Å². The molecule has 0 bridgehead atoms. The Morgan fingerprint density at radius 2 is 2.25 bits per heavy atom. The highest BCUT2D eigenvalue weighted by Crippen LogP contribution is 2.36. The summed E-state index contributed by atoms with van der Waals surface area (Å²) in [7, 11) is 0. The molecule has 0 saturated heterocycles. The monoisotopic (exact) mass is 273 g/mol. The van der Waals surface area contributed by atoms with E-state index in [0.29, 0.717) is 18.9 Å². The van der Waals surface area contributed by atoms with E-state index in [0.717, 1.165) is 23.9 Å². The molecule has 0 aliphatic heterocycles. The van der Waals surface area contributed by atoms with E-state index in [1.165, 1.54) is 6.42 Å². The highest BCUT2D eigenvalue weighted by molar-refractivity contribution is 5.73. The van der Waals surface area contributed by atoms with Crippen molar-refractivity contribution in [1.82, 2.24) is 25.2 Å². The van der Waals surface area contributed by atoms with Crippen molar-refractivity contribution in [2.45, 2.75) is 19.8 Å². The smallest absolute Gasteiger partial charge is 0.314 e. The maximum Gasteiger partial charge on any atom is 0.314 e. The van der Waals surface area contributed by atoms with Crippen LogP contribution >= 0.6 is 0 Å². The Morgan fingerprint density at radius 1 is 1.40 bits per heavy atom. The molecule has 3 rings (SSSR count). The molecule has 20 heavy (non-hydrogen) atoms. The zero-order valence-electron chi connectivity index (χ0n) is 11.5. The first-order valence-electron chi connectivity index (χ1n) is 7.04. The molecule has 1 fully saturated rings. The van der Waals surface area contributed by atoms with Crippen LogP contribution in [0.4, 0.5) is 4.79 Å². The molecule has 2 aromatic heterocycles. The predicted molar refractivity (Wildman–Crippen MR) is 75.4 cm³/mol. The molecule has 2 atom stereocenters. The number of carbonyl (C=O) groups excluding carboxylic acids is 1. The number of rotatable bonds is 5. The van der Waals surface area contributed by atoms with Crippen LogP contribution in [0.3, 0.4) is 0 Å². The number of nitrogens with zero attached hydrogens (tertiary/aromatic N) is 3. The van der Waals surface area contributed by atoms with Gasteiger partial charge in [0, 0.05) is 25.7 Å². The van der Waals surface area contributed by atoms with Gasteiger partial charge in [-0.1, -0.05) is 13.0 Å². The number of amides is 2. The fourth-order valence-corrected chi connectivity index (χ4v) is 2.32. The molecule has 6 heteroatoms. The lowest BCUT2D eigenvalue weighted by atomic mass is 10.3. The van der Waals surface area contributed by atoms with Gasteiger partial charge in [0.15, 0.2) is 5.65 Å². The summed E-state index contributed by atoms with van der Waals surface area (Å²) in [5.74, 6) is 2.29. The number of hydrogen-bond donors (Lipinski definition) is 2. The van der Waals surface area contributed by atoms with Crippen LogP contribution in [-0.4, -0.2) is 33.7 Å². The third-order valence-corrected chi connectivity index (χ3v) is 3.82. The molecule has 6 nitrogen and oxygen atoms in total. The first kappa shape index (κ1) is 12.9. The SMILES string of the molecule is C[C@H]1C[C@H]1CNC(=O)NCCc1nnc2ccccn12. The number of nitrogens with one attached hydrogen (secondary N) is 2. The van der Waals surface area contributed by atoms with Crippen LogP contribution in [0.25, 0.3) is 5.65 Å². The van der Waals surface area contributed by atoms with Crippen molar-refractivity contribution in [3.63, 3.8) is 0 Å². The fraction of sp³-hybridized carbons (Fsp3) is 0.500. The molecule has 0 spiro atoms. The van der Waals surface area contributed by atoms with Crippen LogP contribution in [0, 0.1) is 11.8 Å². The normalized spacial score (nSPS) is 20.9. The Kier molecular flexibility index (Phi) is 3.54. The summed E-state index contributed by atoms with van der Waals surface area (Å²) in [4.78, 5) is 11.6. The van der Waals surface area contributed by atoms with Gasteiger partial charge in [-0.3, -0.25) is 4.40 Å². The van der Waals surface area contributed by atoms with Gasteiger partial charge in [-0.2, -0.15) is 0 Å². The second kappa shape index (κ2) is 5.48. The molecule has 0 radical (unpaired) electrons. The van der Waals surface area contributed by atoms with Gasteiger partial charge in [-0.15, -0.1) is 10.2 Å². The molecule has 106 valence electrons. The lowest BCUT2D eigenvalue weighted by Gasteiger charge is -2.06. The van der Waals surface area contributed by atoms with Gasteiger partial charge >= 0.3 is 6.03 Å². The number of urea groups is 1. The van der Waals surface area contributed by atoms with E-state index < -0.39 is 0 Å². The quantitative estimate of drug-likeness (QED) is 0.860. The highest BCUT2D eigenvalue weighted by Gasteiger charge is 2.32. The minimum absolute atomic E-state index is 0.0991. The zero-order chi connectivity index (χ0) is 13.9. The van der Waals surface area contributed by atoms with Gasteiger partial charge in [0.25, 0.3) is 0 Å². The third kappa shape index (κ3) is 2.89. The van der Waals surface area contributed by atoms with E-state index in [-0.39, 0.29) is 6.03 Å². The van der Waals surface area contributed by atoms with Gasteiger partial charge in [-0.25, -0.2) is 4.79 Å². The van der Waals surface area contributed by atoms with E-state index in [1.807, 2.05) is 28.8 Å². The van der Waals surface area contributed by atoms with E-state index in [1.54, 1.807) is 0 Å². The molecule has 2 N–H and O–H groups in total. The Labute approximate surface area is 117 Å². The first-order valence-corrected chi connectivity index (χ1v) is 7.04. The van der Waals surface area contributed by atoms with Gasteiger partial charge in [0.1, 0.15) is 5.82 Å². The van der Waals surface area contributed by atoms with Crippen LogP contribution in [0.1, 0.15) is 19.2 Å². The number of hydrogen-bond acceptors (Lipinski definition) is 3. The Bertz CT molecular complexity index is 608. The molecular formula is C14H19N5O. The number of aromatic nitrogens is 3. The Balaban J connectivity index is 1.44. The van der Waals surface area contributed by atoms with Crippen LogP contribution in [0.5, 0.6) is 0 Å². The summed E-state index contributed by atoms with van der Waals surface area (Å²) in [5, 5.41) is 14.0. The van der Waals surface area contributed by atoms with Crippen LogP contribution in [-0.2, 0) is 6.42 Å². The van der Waals surface area contributed by atoms with Crippen molar-refractivity contribution < 1.29 is 4.79 Å². The largest absolute Gasteiger partial charge is 0.338 e. The summed E-state index contributed by atoms with van der Waals surface area (Å²) in [5.41, 5.74) is 0.828. The molecule has 2 heterocycles. The maximum atomic E-state index is 11.6. The molecular weight excluding hydrogens is 254 g/mol. The summed E-state index contributed by atoms with van der Waals surface area (Å²) in [6.07, 6.45) is 3.82. The van der Waals surface area contributed by atoms with Crippen molar-refractivity contribution >= 4 is 11.7 Å². The van der Waals surface area contributed by atoms with Gasteiger partial charge in [0.05, 0.1) is 0 Å². The average Bonchev–Trinajstić information content (AvgIpc) is 3.01. The minimum Gasteiger partial charge on any atom is -0.338 e. The molecule has 2 amide bonds. The lowest BCUT2D eigenvalue weighted by molar-refractivity contribution is 0.240. The predicted octanol–water partition coefficient (Wildman–Crippen LogP) is 1.23. The van der Waals surface area contributed by atoms with E-state index in [2.05, 4.69) is 27.8 Å². The van der Waals surface area contributed by atoms with Crippen molar-refractivity contribution in [3.8, 4) is 0 Å². The van der Waals surface area contributed by atoms with Crippen molar-refractivity contribution in [3.05, 3.63) is 30.2 Å². The van der Waals surface area contributed by atoms with Gasteiger partial charge < -0.3 is 10.6 Å². The second-order valence-electron chi connectivity index (χ2n) is 5.40. The topological polar surface area (TPSA) is 71.3 Å². The molecule has 0 aromatic carbocycles. The van der Waals surface area contributed by atoms with Gasteiger partial charge in [0.2, 0.25) is 0 Å². The number of fused-ring (bicyclic) bond motifs is 1. The van der Waals surface area contributed by atoms with E-state index in [9.17, 15) is 4.79 Å². The van der Waals surface area contributed by atoms with E-state index in [4.69, 9.17) is 0 Å². The van der Waals surface area contributed by atoms with Crippen molar-refractivity contribution in [2.75, 3.05) is 13.1 Å². The summed E-state index contributed by atoms with van der Waals surface area (Å²) < 4.78 is 1.94. The number of pyridine rings is 1. The lowest BCUT2D eigenvalue weighted by Crippen LogP contribution is -2.37. The average molecular weight is 273 g/mol. The van der Waals surface area contributed by atoms with Crippen molar-refractivity contribution in [2.24, 2.45) is 11.8 Å². The third-order valence-electron chi connectivity index (χ3n) is 3.82. The molecule has 1 aliphatic rings. The molecule has 0 unspecified atom stereocenters. The maximum absolute atomic E-state index is 11.6. The molecule has 1 aliphatic carbocycles. The minimum atomic E-state index is -0.0991. The van der Waals surface area contributed by atoms with Gasteiger partial charge in [-0.05, 0) is 30.4 Å². The number of carbonyl (C=O) groups is 1. The molecule has 2 aromatic rings. The van der Waals surface area contributed by atoms with Crippen LogP contribution in [0.2, 0.25) is 0 Å². The Morgan fingerprint density at radius 3 is 3.05 bits per heavy atom. The summed E-state index contributed by atoms with van der Waals surface area (Å²) in [6, 6.07) is 5.68. The fourth-order valence-electron chi connectivity index (χ4n) is 2.32.